The lowest BCUT2D eigenvalue weighted by molar-refractivity contribution is 0.595. The fourth-order valence-corrected chi connectivity index (χ4v) is 7.96. The lowest BCUT2D eigenvalue weighted by Crippen LogP contribution is -2.04. The molecule has 16 heteroatoms. The number of hydrogen-bond donors (Lipinski definition) is 4. The van der Waals surface area contributed by atoms with Gasteiger partial charge in [0, 0.05) is 34.9 Å². The number of nitrogens with one attached hydrogen (secondary N) is 3. The van der Waals surface area contributed by atoms with Crippen molar-refractivity contribution in [1.82, 2.24) is 19.9 Å². The summed E-state index contributed by atoms with van der Waals surface area (Å²) in [5.41, 5.74) is 13.3. The van der Waals surface area contributed by atoms with Gasteiger partial charge >= 0.3 is 0 Å². The summed E-state index contributed by atoms with van der Waals surface area (Å²) in [5, 5.41) is 9.74. The molecule has 64 heavy (non-hydrogen) atoms. The molecule has 6 aromatic carbocycles. The van der Waals surface area contributed by atoms with E-state index in [0.717, 1.165) is 22.5 Å². The number of nitrogens with two attached hydrogens (primary N) is 1. The molecule has 0 fully saturated rings. The van der Waals surface area contributed by atoms with Crippen molar-refractivity contribution >= 4 is 83.9 Å². The van der Waals surface area contributed by atoms with Gasteiger partial charge in [0.2, 0.25) is 0 Å². The van der Waals surface area contributed by atoms with Crippen molar-refractivity contribution in [3.63, 3.8) is 0 Å². The van der Waals surface area contributed by atoms with Gasteiger partial charge in [-0.1, -0.05) is 123 Å². The summed E-state index contributed by atoms with van der Waals surface area (Å²) in [7, 11) is -6.49. The quantitative estimate of drug-likeness (QED) is 0.0673. The Kier molecular flexibility index (Phi) is 17.3. The minimum atomic E-state index is -3.27. The van der Waals surface area contributed by atoms with Gasteiger partial charge in [-0.05, 0) is 82.9 Å². The SMILES string of the molecule is CCS(=O)(=O)c1cccc(Nc2cc(Cl)ncn2)c1.CCS(=O)(=O)c1cccc(Nc2cc(Nc3cccc(-c4ccccc4)c3)ncn2)c1.Cl.Nc1cccc(-c2ccccc2)c1. The number of rotatable bonds is 12. The third kappa shape index (κ3) is 14.1. The van der Waals surface area contributed by atoms with Crippen LogP contribution in [-0.2, 0) is 19.7 Å². The first-order chi connectivity index (χ1) is 30.4. The number of aromatic nitrogens is 4. The predicted molar refractivity (Wildman–Crippen MR) is 263 cm³/mol. The lowest BCUT2D eigenvalue weighted by Gasteiger charge is -2.11. The molecule has 0 unspecified atom stereocenters. The Bertz CT molecular complexity index is 2990. The number of sulfone groups is 2. The second-order valence-electron chi connectivity index (χ2n) is 13.7. The van der Waals surface area contributed by atoms with E-state index in [1.165, 1.54) is 23.8 Å². The Morgan fingerprint density at radius 2 is 0.844 bits per heavy atom. The summed E-state index contributed by atoms with van der Waals surface area (Å²) in [5.74, 6) is 1.81. The summed E-state index contributed by atoms with van der Waals surface area (Å²) < 4.78 is 47.8. The smallest absolute Gasteiger partial charge is 0.178 e. The molecule has 8 aromatic rings. The maximum absolute atomic E-state index is 12.1. The molecule has 0 saturated carbocycles. The van der Waals surface area contributed by atoms with Crippen LogP contribution < -0.4 is 21.7 Å². The second-order valence-corrected chi connectivity index (χ2v) is 18.6. The van der Waals surface area contributed by atoms with Gasteiger partial charge in [0.05, 0.1) is 21.3 Å². The van der Waals surface area contributed by atoms with Crippen LogP contribution in [0.15, 0.2) is 192 Å². The van der Waals surface area contributed by atoms with Crippen molar-refractivity contribution in [2.24, 2.45) is 0 Å². The number of halogens is 2. The fourth-order valence-electron chi connectivity index (χ4n) is 5.96. The maximum Gasteiger partial charge on any atom is 0.178 e. The standard InChI is InChI=1S/C24H22N4O2S.C12H12ClN3O2S.C12H11N.ClH/c1-2-31(29,30)22-13-7-12-21(15-22)28-24-16-23(25-17-26-24)27-20-11-6-10-19(14-20)18-8-4-3-5-9-18;1-2-19(17,18)10-5-3-4-9(6-10)16-12-7-11(13)14-8-15-12;13-12-8-4-7-11(9-12)10-5-2-1-3-6-10;/h3-17H,2H2,1H3,(H2,25,26,27,28);3-8H,2H2,1H3,(H,14,15,16);1-9H,13H2;1H. The molecule has 2 heterocycles. The summed E-state index contributed by atoms with van der Waals surface area (Å²) in [6.07, 6.45) is 2.79. The van der Waals surface area contributed by atoms with Crippen LogP contribution in [0.1, 0.15) is 13.8 Å². The molecule has 0 radical (unpaired) electrons. The molecule has 0 spiro atoms. The highest BCUT2D eigenvalue weighted by molar-refractivity contribution is 7.91. The van der Waals surface area contributed by atoms with Crippen LogP contribution in [0.4, 0.5) is 40.2 Å². The number of anilines is 7. The number of benzene rings is 6. The van der Waals surface area contributed by atoms with Gasteiger partial charge in [0.25, 0.3) is 0 Å². The molecule has 0 aliphatic heterocycles. The van der Waals surface area contributed by atoms with Crippen LogP contribution in [0.3, 0.4) is 0 Å². The van der Waals surface area contributed by atoms with E-state index >= 15 is 0 Å². The zero-order chi connectivity index (χ0) is 44.7. The lowest BCUT2D eigenvalue weighted by atomic mass is 10.1. The highest BCUT2D eigenvalue weighted by Crippen LogP contribution is 2.26. The fraction of sp³-hybridized carbons (Fsp3) is 0.0833. The molecular formula is C48H46Cl2N8O4S2. The monoisotopic (exact) mass is 932 g/mol. The van der Waals surface area contributed by atoms with Crippen LogP contribution in [0.2, 0.25) is 5.15 Å². The van der Waals surface area contributed by atoms with E-state index in [9.17, 15) is 16.8 Å². The van der Waals surface area contributed by atoms with Crippen LogP contribution in [0.25, 0.3) is 22.3 Å². The van der Waals surface area contributed by atoms with E-state index in [1.54, 1.807) is 74.5 Å². The zero-order valence-electron chi connectivity index (χ0n) is 34.8. The molecule has 0 aliphatic rings. The summed E-state index contributed by atoms with van der Waals surface area (Å²) in [6.45, 7) is 3.24. The van der Waals surface area contributed by atoms with E-state index in [1.807, 2.05) is 66.7 Å². The molecular weight excluding hydrogens is 888 g/mol. The Labute approximate surface area is 385 Å². The van der Waals surface area contributed by atoms with Gasteiger partial charge in [0.1, 0.15) is 35.3 Å². The molecule has 0 saturated heterocycles. The summed E-state index contributed by atoms with van der Waals surface area (Å²) in [6, 6.07) is 53.0. The molecule has 0 atom stereocenters. The van der Waals surface area contributed by atoms with E-state index < -0.39 is 19.7 Å². The predicted octanol–water partition coefficient (Wildman–Crippen LogP) is 11.4. The molecule has 0 bridgehead atoms. The Hall–Kier alpha value is -6.84. The Morgan fingerprint density at radius 3 is 1.30 bits per heavy atom. The number of hydrogen-bond acceptors (Lipinski definition) is 12. The average Bonchev–Trinajstić information content (AvgIpc) is 3.30. The van der Waals surface area contributed by atoms with E-state index in [2.05, 4.69) is 78.4 Å². The normalized spacial score (nSPS) is 10.7. The van der Waals surface area contributed by atoms with Crippen molar-refractivity contribution in [1.29, 1.82) is 0 Å². The van der Waals surface area contributed by atoms with Gasteiger partial charge in [-0.2, -0.15) is 0 Å². The van der Waals surface area contributed by atoms with Crippen LogP contribution in [-0.4, -0.2) is 48.3 Å². The highest BCUT2D eigenvalue weighted by Gasteiger charge is 2.13. The van der Waals surface area contributed by atoms with Crippen molar-refractivity contribution in [2.45, 2.75) is 23.6 Å². The van der Waals surface area contributed by atoms with E-state index in [-0.39, 0.29) is 33.7 Å². The maximum atomic E-state index is 12.1. The third-order valence-corrected chi connectivity index (χ3v) is 12.9. The Morgan fingerprint density at radius 1 is 0.453 bits per heavy atom. The minimum Gasteiger partial charge on any atom is -0.399 e. The van der Waals surface area contributed by atoms with Gasteiger partial charge in [-0.15, -0.1) is 12.4 Å². The minimum absolute atomic E-state index is 0. The largest absolute Gasteiger partial charge is 0.399 e. The Balaban J connectivity index is 0.000000198. The van der Waals surface area contributed by atoms with Crippen LogP contribution in [0, 0.1) is 0 Å². The molecule has 328 valence electrons. The van der Waals surface area contributed by atoms with E-state index in [0.29, 0.717) is 34.0 Å². The first kappa shape index (κ1) is 48.2. The summed E-state index contributed by atoms with van der Waals surface area (Å²) in [4.78, 5) is 16.9. The van der Waals surface area contributed by atoms with Gasteiger partial charge in [-0.25, -0.2) is 36.8 Å². The second kappa shape index (κ2) is 23.0. The topological polar surface area (TPSA) is 182 Å². The average molecular weight is 934 g/mol. The first-order valence-electron chi connectivity index (χ1n) is 19.7. The zero-order valence-corrected chi connectivity index (χ0v) is 38.0. The van der Waals surface area contributed by atoms with Gasteiger partial charge < -0.3 is 21.7 Å². The third-order valence-electron chi connectivity index (χ3n) is 9.23. The molecule has 8 rings (SSSR count). The van der Waals surface area contributed by atoms with Crippen molar-refractivity contribution in [2.75, 3.05) is 33.2 Å². The van der Waals surface area contributed by atoms with Crippen molar-refractivity contribution in [3.8, 4) is 22.3 Å². The molecule has 0 amide bonds. The molecule has 0 aliphatic carbocycles. The van der Waals surface area contributed by atoms with Crippen LogP contribution >= 0.6 is 24.0 Å². The van der Waals surface area contributed by atoms with Crippen molar-refractivity contribution in [3.05, 3.63) is 188 Å². The van der Waals surface area contributed by atoms with Gasteiger partial charge in [0.15, 0.2) is 19.7 Å². The van der Waals surface area contributed by atoms with E-state index in [4.69, 9.17) is 17.3 Å². The molecule has 12 nitrogen and oxygen atoms in total. The van der Waals surface area contributed by atoms with Gasteiger partial charge in [-0.3, -0.25) is 0 Å². The molecule has 5 N–H and O–H groups in total. The number of nitrogens with zero attached hydrogens (tertiary/aromatic N) is 4. The van der Waals surface area contributed by atoms with Crippen LogP contribution in [0.5, 0.6) is 0 Å². The summed E-state index contributed by atoms with van der Waals surface area (Å²) >= 11 is 5.75. The first-order valence-corrected chi connectivity index (χ1v) is 23.4. The molecule has 2 aromatic heterocycles. The highest BCUT2D eigenvalue weighted by atomic mass is 35.5. The number of nitrogen functional groups attached to an aromatic ring is 1. The van der Waals surface area contributed by atoms with Crippen molar-refractivity contribution < 1.29 is 16.8 Å².